The summed E-state index contributed by atoms with van der Waals surface area (Å²) in [6.07, 6.45) is 0.282. The molecule has 0 fully saturated rings. The summed E-state index contributed by atoms with van der Waals surface area (Å²) in [5, 5.41) is 0. The van der Waals surface area contributed by atoms with Gasteiger partial charge in [0.2, 0.25) is 0 Å². The largest absolute Gasteiger partial charge is 0.493 e. The molecule has 0 aromatic heterocycles. The van der Waals surface area contributed by atoms with E-state index >= 15 is 0 Å². The minimum Gasteiger partial charge on any atom is -0.493 e. The van der Waals surface area contributed by atoms with Crippen LogP contribution in [0.1, 0.15) is 25.0 Å². The van der Waals surface area contributed by atoms with Crippen molar-refractivity contribution in [2.24, 2.45) is 5.73 Å². The van der Waals surface area contributed by atoms with Gasteiger partial charge in [-0.2, -0.15) is 0 Å². The van der Waals surface area contributed by atoms with Crippen molar-refractivity contribution in [3.8, 4) is 5.75 Å². The van der Waals surface area contributed by atoms with Crippen molar-refractivity contribution in [3.05, 3.63) is 29.1 Å². The minimum absolute atomic E-state index is 0.0182. The molecule has 1 aromatic rings. The molecular formula is C12H16F3NO. The van der Waals surface area contributed by atoms with Gasteiger partial charge >= 0.3 is 0 Å². The summed E-state index contributed by atoms with van der Waals surface area (Å²) < 4.78 is 44.8. The molecule has 0 saturated heterocycles. The molecule has 0 heterocycles. The fourth-order valence-corrected chi connectivity index (χ4v) is 1.63. The number of benzene rings is 1. The molecule has 0 aliphatic carbocycles. The number of hydrogen-bond donors (Lipinski definition) is 1. The van der Waals surface area contributed by atoms with Crippen LogP contribution in [0.5, 0.6) is 5.75 Å². The Morgan fingerprint density at radius 3 is 2.41 bits per heavy atom. The van der Waals surface area contributed by atoms with Crippen molar-refractivity contribution in [1.29, 1.82) is 0 Å². The molecule has 0 aliphatic heterocycles. The first kappa shape index (κ1) is 13.8. The Bertz CT molecular complexity index is 399. The molecule has 0 aliphatic rings. The van der Waals surface area contributed by atoms with Gasteiger partial charge in [-0.15, -0.1) is 0 Å². The number of methoxy groups -OCH3 is 1. The van der Waals surface area contributed by atoms with Gasteiger partial charge in [0.25, 0.3) is 5.92 Å². The minimum atomic E-state index is -3.08. The lowest BCUT2D eigenvalue weighted by molar-refractivity contribution is 0.0170. The van der Waals surface area contributed by atoms with Gasteiger partial charge in [0, 0.05) is 18.5 Å². The number of alkyl halides is 2. The summed E-state index contributed by atoms with van der Waals surface area (Å²) in [7, 11) is 1.30. The van der Waals surface area contributed by atoms with Crippen molar-refractivity contribution in [3.63, 3.8) is 0 Å². The maximum absolute atomic E-state index is 13.6. The second kappa shape index (κ2) is 4.96. The Labute approximate surface area is 98.6 Å². The van der Waals surface area contributed by atoms with Gasteiger partial charge in [0.1, 0.15) is 0 Å². The van der Waals surface area contributed by atoms with E-state index in [9.17, 15) is 13.2 Å². The van der Waals surface area contributed by atoms with Crippen molar-refractivity contribution in [1.82, 2.24) is 0 Å². The second-order valence-electron chi connectivity index (χ2n) is 4.22. The van der Waals surface area contributed by atoms with E-state index in [1.807, 2.05) is 0 Å². The number of hydrogen-bond acceptors (Lipinski definition) is 2. The average Bonchev–Trinajstić information content (AvgIpc) is 2.14. The molecule has 5 heteroatoms. The van der Waals surface area contributed by atoms with Crippen LogP contribution in [0.25, 0.3) is 0 Å². The van der Waals surface area contributed by atoms with E-state index in [1.54, 1.807) is 6.92 Å². The van der Waals surface area contributed by atoms with Crippen molar-refractivity contribution < 1.29 is 17.9 Å². The van der Waals surface area contributed by atoms with E-state index in [4.69, 9.17) is 10.5 Å². The first-order chi connectivity index (χ1) is 7.75. The van der Waals surface area contributed by atoms with Crippen LogP contribution in [0.4, 0.5) is 13.2 Å². The lowest BCUT2D eigenvalue weighted by Crippen LogP contribution is -2.19. The quantitative estimate of drug-likeness (QED) is 0.888. The van der Waals surface area contributed by atoms with Gasteiger partial charge in [0.05, 0.1) is 7.11 Å². The predicted octanol–water partition coefficient (Wildman–Crippen LogP) is 2.84. The molecule has 1 aromatic carbocycles. The lowest BCUT2D eigenvalue weighted by Gasteiger charge is -2.16. The van der Waals surface area contributed by atoms with E-state index in [-0.39, 0.29) is 23.8 Å². The van der Waals surface area contributed by atoms with Crippen LogP contribution in [-0.4, -0.2) is 13.2 Å². The molecule has 0 bridgehead atoms. The van der Waals surface area contributed by atoms with Gasteiger partial charge in [-0.05, 0) is 31.0 Å². The molecular weight excluding hydrogens is 231 g/mol. The lowest BCUT2D eigenvalue weighted by atomic mass is 10.0. The summed E-state index contributed by atoms with van der Waals surface area (Å²) in [6.45, 7) is 2.44. The highest BCUT2D eigenvalue weighted by molar-refractivity contribution is 5.40. The number of nitrogens with two attached hydrogens (primary N) is 1. The van der Waals surface area contributed by atoms with Crippen LogP contribution in [-0.2, 0) is 12.3 Å². The van der Waals surface area contributed by atoms with Gasteiger partial charge in [-0.3, -0.25) is 0 Å². The Kier molecular flexibility index (Phi) is 4.03. The molecule has 2 nitrogen and oxygen atoms in total. The summed E-state index contributed by atoms with van der Waals surface area (Å²) in [5.74, 6) is -3.89. The van der Waals surface area contributed by atoms with E-state index in [0.29, 0.717) is 5.56 Å². The molecule has 17 heavy (non-hydrogen) atoms. The number of rotatable bonds is 4. The highest BCUT2D eigenvalue weighted by Crippen LogP contribution is 2.33. The monoisotopic (exact) mass is 247 g/mol. The van der Waals surface area contributed by atoms with E-state index < -0.39 is 11.7 Å². The third kappa shape index (κ3) is 3.36. The molecule has 0 spiro atoms. The SMILES string of the molecule is COc1c(F)cc(C(C)(F)F)cc1CC(C)N. The first-order valence-electron chi connectivity index (χ1n) is 5.26. The Hall–Kier alpha value is -1.23. The van der Waals surface area contributed by atoms with Crippen LogP contribution in [0.3, 0.4) is 0 Å². The van der Waals surface area contributed by atoms with Crippen molar-refractivity contribution in [2.45, 2.75) is 32.2 Å². The molecule has 0 amide bonds. The molecule has 0 saturated carbocycles. The third-order valence-electron chi connectivity index (χ3n) is 2.37. The maximum Gasteiger partial charge on any atom is 0.270 e. The van der Waals surface area contributed by atoms with Crippen molar-refractivity contribution >= 4 is 0 Å². The van der Waals surface area contributed by atoms with Crippen LogP contribution in [0, 0.1) is 5.82 Å². The zero-order valence-electron chi connectivity index (χ0n) is 10.1. The summed E-state index contributed by atoms with van der Waals surface area (Å²) >= 11 is 0. The normalized spacial score (nSPS) is 13.6. The molecule has 96 valence electrons. The van der Waals surface area contributed by atoms with Crippen LogP contribution in [0.15, 0.2) is 12.1 Å². The van der Waals surface area contributed by atoms with Crippen LogP contribution >= 0.6 is 0 Å². The first-order valence-corrected chi connectivity index (χ1v) is 5.26. The van der Waals surface area contributed by atoms with E-state index in [0.717, 1.165) is 13.0 Å². The van der Waals surface area contributed by atoms with E-state index in [2.05, 4.69) is 0 Å². The summed E-state index contributed by atoms with van der Waals surface area (Å²) in [4.78, 5) is 0. The molecule has 2 N–H and O–H groups in total. The zero-order chi connectivity index (χ0) is 13.2. The van der Waals surface area contributed by atoms with Gasteiger partial charge in [0.15, 0.2) is 11.6 Å². The number of halogens is 3. The number of ether oxygens (including phenoxy) is 1. The van der Waals surface area contributed by atoms with Crippen LogP contribution in [0.2, 0.25) is 0 Å². The highest BCUT2D eigenvalue weighted by atomic mass is 19.3. The van der Waals surface area contributed by atoms with Gasteiger partial charge < -0.3 is 10.5 Å². The Morgan fingerprint density at radius 2 is 2.00 bits per heavy atom. The standard InChI is InChI=1S/C12H16F3NO/c1-7(16)4-8-5-9(12(2,14)15)6-10(13)11(8)17-3/h5-7H,4,16H2,1-3H3. The topological polar surface area (TPSA) is 35.2 Å². The molecule has 0 radical (unpaired) electrons. The third-order valence-corrected chi connectivity index (χ3v) is 2.37. The Balaban J connectivity index is 3.28. The fraction of sp³-hybridized carbons (Fsp3) is 0.500. The van der Waals surface area contributed by atoms with Crippen molar-refractivity contribution in [2.75, 3.05) is 7.11 Å². The molecule has 1 atom stereocenters. The predicted molar refractivity (Wildman–Crippen MR) is 59.9 cm³/mol. The Morgan fingerprint density at radius 1 is 1.41 bits per heavy atom. The molecule has 1 rings (SSSR count). The summed E-state index contributed by atoms with van der Waals surface area (Å²) in [5.41, 5.74) is 5.58. The fourth-order valence-electron chi connectivity index (χ4n) is 1.63. The van der Waals surface area contributed by atoms with Gasteiger partial charge in [-0.1, -0.05) is 0 Å². The average molecular weight is 247 g/mol. The molecule has 1 unspecified atom stereocenters. The van der Waals surface area contributed by atoms with Crippen LogP contribution < -0.4 is 10.5 Å². The van der Waals surface area contributed by atoms with E-state index in [1.165, 1.54) is 13.2 Å². The summed E-state index contributed by atoms with van der Waals surface area (Å²) in [6, 6.07) is 1.78. The van der Waals surface area contributed by atoms with Gasteiger partial charge in [-0.25, -0.2) is 13.2 Å². The zero-order valence-corrected chi connectivity index (χ0v) is 10.1. The highest BCUT2D eigenvalue weighted by Gasteiger charge is 2.27. The second-order valence-corrected chi connectivity index (χ2v) is 4.22. The maximum atomic E-state index is 13.6. The smallest absolute Gasteiger partial charge is 0.270 e.